The third kappa shape index (κ3) is 17.0. The zero-order valence-corrected chi connectivity index (χ0v) is 33.9. The number of rotatable bonds is 28. The van der Waals surface area contributed by atoms with E-state index in [4.69, 9.17) is 40.1 Å². The third-order valence-corrected chi connectivity index (χ3v) is 10.2. The van der Waals surface area contributed by atoms with E-state index >= 15 is 0 Å². The molecule has 1 aliphatic carbocycles. The molecule has 6 N–H and O–H groups in total. The van der Waals surface area contributed by atoms with E-state index in [0.717, 1.165) is 92.2 Å². The van der Waals surface area contributed by atoms with Crippen LogP contribution in [-0.4, -0.2) is 112 Å². The molecule has 3 aromatic rings. The fraction of sp³-hybridized carbons (Fsp3) is 0.714. The number of fused-ring (bicyclic) bond motifs is 3. The monoisotopic (exact) mass is 784 g/mol. The van der Waals surface area contributed by atoms with E-state index in [1.165, 1.54) is 25.7 Å². The molecule has 1 saturated carbocycles. The lowest BCUT2D eigenvalue weighted by atomic mass is 9.96. The smallest absolute Gasteiger partial charge is 0.222 e. The standard InChI is InChI=1S/C42H69N7O7/c1-2-3-15-37-48-40-41(35-13-7-8-14-36(35)47-42(40)44)49(37)21-10-9-20-45-38(50)18-22-52-24-26-54-28-30-56-31-29-55-27-25-53-23-19-39(51)46-32-33-11-5-4-6-12-34(43)17-16-33/h7-8,13-14,33-34H,2-6,9-12,15-32,43H2,1H3,(H2,44,47)(H,45,50)(H,46,51). The first kappa shape index (κ1) is 45.3. The second-order valence-corrected chi connectivity index (χ2v) is 14.8. The number of aryl methyl sites for hydroxylation is 2. The molecule has 0 spiro atoms. The number of benzene rings is 1. The molecule has 14 nitrogen and oxygen atoms in total. The number of unbranched alkanes of at least 4 members (excludes halogenated alkanes) is 2. The quantitative estimate of drug-likeness (QED) is 0.0721. The Labute approximate surface area is 333 Å². The summed E-state index contributed by atoms with van der Waals surface area (Å²) in [5.41, 5.74) is 15.2. The number of carbonyl (C=O) groups excluding carboxylic acids is 2. The first-order valence-corrected chi connectivity index (χ1v) is 21.2. The number of carbonyl (C=O) groups is 2. The summed E-state index contributed by atoms with van der Waals surface area (Å²) in [4.78, 5) is 34.0. The fourth-order valence-electron chi connectivity index (χ4n) is 7.00. The van der Waals surface area contributed by atoms with Crippen LogP contribution in [0, 0.1) is 5.92 Å². The molecule has 0 aliphatic heterocycles. The minimum absolute atomic E-state index is 0.0190. The van der Waals surface area contributed by atoms with Gasteiger partial charge in [0.15, 0.2) is 5.82 Å². The maximum absolute atomic E-state index is 12.3. The highest BCUT2D eigenvalue weighted by Crippen LogP contribution is 2.29. The Bertz CT molecular complexity index is 1550. The first-order valence-electron chi connectivity index (χ1n) is 21.2. The van der Waals surface area contributed by atoms with Gasteiger partial charge in [-0.3, -0.25) is 9.59 Å². The number of hydrogen-bond donors (Lipinski definition) is 4. The molecule has 2 heterocycles. The zero-order valence-electron chi connectivity index (χ0n) is 33.9. The lowest BCUT2D eigenvalue weighted by molar-refractivity contribution is -0.123. The van der Waals surface area contributed by atoms with Crippen molar-refractivity contribution in [3.8, 4) is 0 Å². The highest BCUT2D eigenvalue weighted by Gasteiger charge is 2.18. The number of nitrogens with zero attached hydrogens (tertiary/aromatic N) is 3. The zero-order chi connectivity index (χ0) is 39.6. The van der Waals surface area contributed by atoms with Gasteiger partial charge in [-0.1, -0.05) is 50.8 Å². The van der Waals surface area contributed by atoms with Crippen LogP contribution in [0.3, 0.4) is 0 Å². The SMILES string of the molecule is CCCCc1nc2c(N)nc3ccccc3c2n1CCCCNC(=O)CCOCCOCCOCCOCCOCCC(=O)NCC1CCCCCC(N)CC1. The summed E-state index contributed by atoms with van der Waals surface area (Å²) < 4.78 is 30.0. The van der Waals surface area contributed by atoms with Crippen LogP contribution in [0.5, 0.6) is 0 Å². The molecule has 4 rings (SSSR count). The molecule has 314 valence electrons. The largest absolute Gasteiger partial charge is 0.382 e. The third-order valence-electron chi connectivity index (χ3n) is 10.2. The van der Waals surface area contributed by atoms with Crippen LogP contribution in [0.2, 0.25) is 0 Å². The molecule has 56 heavy (non-hydrogen) atoms. The number of para-hydroxylation sites is 1. The van der Waals surface area contributed by atoms with E-state index in [-0.39, 0.29) is 11.8 Å². The van der Waals surface area contributed by atoms with Gasteiger partial charge in [-0.15, -0.1) is 0 Å². The Morgan fingerprint density at radius 3 is 2.05 bits per heavy atom. The molecule has 2 unspecified atom stereocenters. The molecule has 1 fully saturated rings. The van der Waals surface area contributed by atoms with Gasteiger partial charge in [-0.2, -0.15) is 0 Å². The number of nitrogen functional groups attached to an aromatic ring is 1. The number of imidazole rings is 1. The number of hydrogen-bond acceptors (Lipinski definition) is 11. The maximum atomic E-state index is 12.3. The van der Waals surface area contributed by atoms with Crippen molar-refractivity contribution in [2.24, 2.45) is 11.7 Å². The highest BCUT2D eigenvalue weighted by molar-refractivity contribution is 6.06. The molecule has 2 amide bonds. The number of pyridine rings is 1. The van der Waals surface area contributed by atoms with Gasteiger partial charge in [-0.05, 0) is 56.9 Å². The summed E-state index contributed by atoms with van der Waals surface area (Å²) >= 11 is 0. The number of nitrogens with one attached hydrogen (secondary N) is 2. The van der Waals surface area contributed by atoms with Crippen molar-refractivity contribution in [3.63, 3.8) is 0 Å². The predicted molar refractivity (Wildman–Crippen MR) is 220 cm³/mol. The number of ether oxygens (including phenoxy) is 5. The average molecular weight is 784 g/mol. The molecule has 0 saturated heterocycles. The molecule has 2 atom stereocenters. The van der Waals surface area contributed by atoms with Crippen LogP contribution in [0.25, 0.3) is 21.9 Å². The summed E-state index contributed by atoms with van der Waals surface area (Å²) in [5.74, 6) is 2.05. The van der Waals surface area contributed by atoms with Crippen molar-refractivity contribution in [1.29, 1.82) is 0 Å². The van der Waals surface area contributed by atoms with Gasteiger partial charge in [0.05, 0.1) is 77.1 Å². The van der Waals surface area contributed by atoms with Gasteiger partial charge in [0.2, 0.25) is 11.8 Å². The number of aromatic nitrogens is 3. The van der Waals surface area contributed by atoms with Crippen LogP contribution in [0.15, 0.2) is 24.3 Å². The topological polar surface area (TPSA) is 187 Å². The van der Waals surface area contributed by atoms with Crippen molar-refractivity contribution >= 4 is 39.6 Å². The molecule has 14 heteroatoms. The molecular formula is C42H69N7O7. The van der Waals surface area contributed by atoms with Gasteiger partial charge < -0.3 is 50.4 Å². The van der Waals surface area contributed by atoms with Crippen LogP contribution in [-0.2, 0) is 46.2 Å². The molecule has 1 aliphatic rings. The molecule has 2 aromatic heterocycles. The van der Waals surface area contributed by atoms with Crippen LogP contribution >= 0.6 is 0 Å². The number of nitrogens with two attached hydrogens (primary N) is 2. The Hall–Kier alpha value is -3.40. The Morgan fingerprint density at radius 1 is 0.750 bits per heavy atom. The van der Waals surface area contributed by atoms with E-state index in [1.807, 2.05) is 18.2 Å². The Kier molecular flexibility index (Phi) is 22.1. The average Bonchev–Trinajstić information content (AvgIpc) is 3.61. The second kappa shape index (κ2) is 27.3. The summed E-state index contributed by atoms with van der Waals surface area (Å²) in [6, 6.07) is 8.36. The van der Waals surface area contributed by atoms with Crippen molar-refractivity contribution in [1.82, 2.24) is 25.2 Å². The number of amides is 2. The summed E-state index contributed by atoms with van der Waals surface area (Å²) in [5, 5.41) is 7.14. The normalized spacial score (nSPS) is 16.5. The fourth-order valence-corrected chi connectivity index (χ4v) is 7.00. The lowest BCUT2D eigenvalue weighted by Gasteiger charge is -2.18. The van der Waals surface area contributed by atoms with Crippen molar-refractivity contribution in [3.05, 3.63) is 30.1 Å². The highest BCUT2D eigenvalue weighted by atomic mass is 16.6. The second-order valence-electron chi connectivity index (χ2n) is 14.8. The van der Waals surface area contributed by atoms with Gasteiger partial charge in [0.1, 0.15) is 11.3 Å². The Balaban J connectivity index is 0.912. The van der Waals surface area contributed by atoms with E-state index in [9.17, 15) is 9.59 Å². The molecule has 0 radical (unpaired) electrons. The predicted octanol–water partition coefficient (Wildman–Crippen LogP) is 5.07. The van der Waals surface area contributed by atoms with Gasteiger partial charge in [-0.25, -0.2) is 9.97 Å². The molecule has 0 bridgehead atoms. The van der Waals surface area contributed by atoms with E-state index < -0.39 is 0 Å². The summed E-state index contributed by atoms with van der Waals surface area (Å²) in [6.07, 6.45) is 13.6. The Morgan fingerprint density at radius 2 is 1.38 bits per heavy atom. The molecular weight excluding hydrogens is 715 g/mol. The van der Waals surface area contributed by atoms with Crippen molar-refractivity contribution < 1.29 is 33.3 Å². The van der Waals surface area contributed by atoms with Crippen LogP contribution < -0.4 is 22.1 Å². The minimum atomic E-state index is -0.0190. The van der Waals surface area contributed by atoms with Gasteiger partial charge in [0.25, 0.3) is 0 Å². The van der Waals surface area contributed by atoms with Crippen LogP contribution in [0.1, 0.15) is 96.2 Å². The van der Waals surface area contributed by atoms with Gasteiger partial charge in [0, 0.05) is 50.3 Å². The van der Waals surface area contributed by atoms with E-state index in [2.05, 4.69) is 33.2 Å². The van der Waals surface area contributed by atoms with Gasteiger partial charge >= 0.3 is 0 Å². The lowest BCUT2D eigenvalue weighted by Crippen LogP contribution is -2.31. The summed E-state index contributed by atoms with van der Waals surface area (Å²) in [7, 11) is 0. The van der Waals surface area contributed by atoms with E-state index in [1.54, 1.807) is 0 Å². The van der Waals surface area contributed by atoms with Crippen LogP contribution in [0.4, 0.5) is 5.82 Å². The van der Waals surface area contributed by atoms with Crippen molar-refractivity contribution in [2.75, 3.05) is 84.9 Å². The molecule has 1 aromatic carbocycles. The van der Waals surface area contributed by atoms with Crippen molar-refractivity contribution in [2.45, 2.75) is 109 Å². The summed E-state index contributed by atoms with van der Waals surface area (Å²) in [6.45, 7) is 8.66. The minimum Gasteiger partial charge on any atom is -0.382 e. The maximum Gasteiger partial charge on any atom is 0.222 e. The van der Waals surface area contributed by atoms with E-state index in [0.29, 0.717) is 103 Å². The number of anilines is 1. The first-order chi connectivity index (χ1) is 27.5.